The molecule has 0 aliphatic rings. The number of pyridine rings is 1. The number of nitrogens with one attached hydrogen (secondary N) is 1. The Morgan fingerprint density at radius 3 is 2.59 bits per heavy atom. The number of aromatic nitrogens is 1. The van der Waals surface area contributed by atoms with Crippen LogP contribution in [0.4, 0.5) is 4.39 Å². The van der Waals surface area contributed by atoms with Gasteiger partial charge >= 0.3 is 0 Å². The first-order valence-electron chi connectivity index (χ1n) is 6.98. The van der Waals surface area contributed by atoms with E-state index in [1.54, 1.807) is 13.0 Å². The molecule has 0 atom stereocenters. The van der Waals surface area contributed by atoms with E-state index in [4.69, 9.17) is 18.0 Å². The summed E-state index contributed by atoms with van der Waals surface area (Å²) in [5, 5.41) is 3.01. The SMILES string of the molecule is CC(NCc1ccncc1F)=C(C(=O)CC(C)(C)C)C(N)=S. The van der Waals surface area contributed by atoms with E-state index in [9.17, 15) is 9.18 Å². The van der Waals surface area contributed by atoms with Crippen LogP contribution in [-0.4, -0.2) is 15.8 Å². The van der Waals surface area contributed by atoms with Crippen LogP contribution in [0.25, 0.3) is 0 Å². The molecule has 4 nitrogen and oxygen atoms in total. The number of ketones is 1. The fourth-order valence-corrected chi connectivity index (χ4v) is 2.23. The van der Waals surface area contributed by atoms with Gasteiger partial charge in [0, 0.05) is 30.4 Å². The molecule has 0 amide bonds. The molecule has 0 saturated carbocycles. The molecule has 6 heteroatoms. The third-order valence-electron chi connectivity index (χ3n) is 2.99. The van der Waals surface area contributed by atoms with E-state index in [-0.39, 0.29) is 22.7 Å². The Bertz CT molecular complexity index is 606. The van der Waals surface area contributed by atoms with Crippen molar-refractivity contribution in [2.24, 2.45) is 11.1 Å². The fourth-order valence-electron chi connectivity index (χ4n) is 1.96. The maximum absolute atomic E-state index is 13.5. The monoisotopic (exact) mass is 323 g/mol. The van der Waals surface area contributed by atoms with Crippen molar-refractivity contribution in [3.63, 3.8) is 0 Å². The van der Waals surface area contributed by atoms with Gasteiger partial charge in [0.05, 0.1) is 11.8 Å². The molecule has 22 heavy (non-hydrogen) atoms. The molecular weight excluding hydrogens is 301 g/mol. The summed E-state index contributed by atoms with van der Waals surface area (Å²) in [5.41, 5.74) is 6.84. The number of thiocarbonyl (C=S) groups is 1. The molecule has 1 aromatic heterocycles. The van der Waals surface area contributed by atoms with Crippen LogP contribution >= 0.6 is 12.2 Å². The van der Waals surface area contributed by atoms with Gasteiger partial charge in [0.2, 0.25) is 0 Å². The number of carbonyl (C=O) groups is 1. The van der Waals surface area contributed by atoms with Crippen LogP contribution in [0.15, 0.2) is 29.7 Å². The molecule has 1 rings (SSSR count). The molecule has 0 saturated heterocycles. The summed E-state index contributed by atoms with van der Waals surface area (Å²) in [5.74, 6) is -0.513. The van der Waals surface area contributed by atoms with Crippen LogP contribution in [0.1, 0.15) is 39.7 Å². The van der Waals surface area contributed by atoms with Gasteiger partial charge in [-0.2, -0.15) is 0 Å². The highest BCUT2D eigenvalue weighted by atomic mass is 32.1. The molecule has 1 aromatic rings. The van der Waals surface area contributed by atoms with Gasteiger partial charge in [-0.15, -0.1) is 0 Å². The lowest BCUT2D eigenvalue weighted by molar-refractivity contribution is -0.116. The van der Waals surface area contributed by atoms with E-state index in [2.05, 4.69) is 10.3 Å². The predicted molar refractivity (Wildman–Crippen MR) is 89.6 cm³/mol. The number of hydrogen-bond donors (Lipinski definition) is 2. The van der Waals surface area contributed by atoms with Crippen LogP contribution in [0.2, 0.25) is 0 Å². The van der Waals surface area contributed by atoms with Crippen molar-refractivity contribution in [2.45, 2.75) is 40.7 Å². The van der Waals surface area contributed by atoms with Crippen LogP contribution in [-0.2, 0) is 11.3 Å². The van der Waals surface area contributed by atoms with Gasteiger partial charge in [-0.3, -0.25) is 9.78 Å². The average Bonchev–Trinajstić information content (AvgIpc) is 2.35. The number of hydrogen-bond acceptors (Lipinski definition) is 4. The van der Waals surface area contributed by atoms with Crippen molar-refractivity contribution in [3.8, 4) is 0 Å². The van der Waals surface area contributed by atoms with Crippen LogP contribution in [0, 0.1) is 11.2 Å². The zero-order chi connectivity index (χ0) is 16.9. The fraction of sp³-hybridized carbons (Fsp3) is 0.438. The summed E-state index contributed by atoms with van der Waals surface area (Å²) < 4.78 is 13.5. The van der Waals surface area contributed by atoms with E-state index >= 15 is 0 Å². The smallest absolute Gasteiger partial charge is 0.168 e. The molecule has 0 bridgehead atoms. The maximum Gasteiger partial charge on any atom is 0.168 e. The van der Waals surface area contributed by atoms with Crippen molar-refractivity contribution in [1.82, 2.24) is 10.3 Å². The van der Waals surface area contributed by atoms with Gasteiger partial charge in [0.25, 0.3) is 0 Å². The third-order valence-corrected chi connectivity index (χ3v) is 3.20. The summed E-state index contributed by atoms with van der Waals surface area (Å²) in [6, 6.07) is 1.58. The van der Waals surface area contributed by atoms with E-state index in [1.807, 2.05) is 20.8 Å². The molecule has 0 spiro atoms. The Kier molecular flexibility index (Phi) is 6.17. The number of halogens is 1. The molecule has 0 aliphatic heterocycles. The molecule has 0 fully saturated rings. The zero-order valence-corrected chi connectivity index (χ0v) is 14.2. The summed E-state index contributed by atoms with van der Waals surface area (Å²) in [6.45, 7) is 7.86. The number of rotatable bonds is 6. The number of nitrogens with zero attached hydrogens (tertiary/aromatic N) is 1. The van der Waals surface area contributed by atoms with Crippen molar-refractivity contribution in [2.75, 3.05) is 0 Å². The highest BCUT2D eigenvalue weighted by Crippen LogP contribution is 2.22. The Labute approximate surface area is 136 Å². The summed E-state index contributed by atoms with van der Waals surface area (Å²) >= 11 is 4.99. The number of Topliss-reactive ketones (excluding diaryl/α,β-unsaturated/α-hetero) is 1. The Morgan fingerprint density at radius 1 is 1.45 bits per heavy atom. The van der Waals surface area contributed by atoms with Gasteiger partial charge in [-0.1, -0.05) is 33.0 Å². The number of allylic oxidation sites excluding steroid dienone is 1. The largest absolute Gasteiger partial charge is 0.389 e. The molecule has 0 aromatic carbocycles. The average molecular weight is 323 g/mol. The third kappa shape index (κ3) is 5.52. The molecule has 0 aliphatic carbocycles. The first-order valence-corrected chi connectivity index (χ1v) is 7.39. The molecule has 0 unspecified atom stereocenters. The quantitative estimate of drug-likeness (QED) is 0.622. The normalized spacial score (nSPS) is 12.6. The minimum absolute atomic E-state index is 0.0504. The van der Waals surface area contributed by atoms with Crippen LogP contribution < -0.4 is 11.1 Å². The summed E-state index contributed by atoms with van der Waals surface area (Å²) in [6.07, 6.45) is 3.00. The van der Waals surface area contributed by atoms with E-state index < -0.39 is 5.82 Å². The number of carbonyl (C=O) groups excluding carboxylic acids is 1. The van der Waals surface area contributed by atoms with E-state index in [0.717, 1.165) is 6.20 Å². The van der Waals surface area contributed by atoms with Gasteiger partial charge in [0.1, 0.15) is 10.8 Å². The number of nitrogens with two attached hydrogens (primary N) is 1. The van der Waals surface area contributed by atoms with Crippen molar-refractivity contribution in [1.29, 1.82) is 0 Å². The standard InChI is InChI=1S/C16H22FN3OS/c1-10(20-8-11-5-6-19-9-12(11)17)14(15(18)22)13(21)7-16(2,3)4/h5-6,9,20H,7-8H2,1-4H3,(H2,18,22). The van der Waals surface area contributed by atoms with Gasteiger partial charge in [-0.05, 0) is 18.4 Å². The highest BCUT2D eigenvalue weighted by Gasteiger charge is 2.22. The van der Waals surface area contributed by atoms with Crippen molar-refractivity contribution >= 4 is 23.0 Å². The Morgan fingerprint density at radius 2 is 2.09 bits per heavy atom. The molecule has 3 N–H and O–H groups in total. The molecular formula is C16H22FN3OS. The lowest BCUT2D eigenvalue weighted by Gasteiger charge is -2.19. The molecule has 120 valence electrons. The van der Waals surface area contributed by atoms with Crippen LogP contribution in [0.3, 0.4) is 0 Å². The second-order valence-electron chi connectivity index (χ2n) is 6.35. The summed E-state index contributed by atoms with van der Waals surface area (Å²) in [7, 11) is 0. The lowest BCUT2D eigenvalue weighted by Crippen LogP contribution is -2.27. The Hall–Kier alpha value is -1.82. The van der Waals surface area contributed by atoms with Crippen LogP contribution in [0.5, 0.6) is 0 Å². The van der Waals surface area contributed by atoms with Crippen molar-refractivity contribution in [3.05, 3.63) is 41.1 Å². The lowest BCUT2D eigenvalue weighted by atomic mass is 9.87. The zero-order valence-electron chi connectivity index (χ0n) is 13.4. The van der Waals surface area contributed by atoms with E-state index in [1.165, 1.54) is 6.20 Å². The highest BCUT2D eigenvalue weighted by molar-refractivity contribution is 7.80. The molecule has 1 heterocycles. The summed E-state index contributed by atoms with van der Waals surface area (Å²) in [4.78, 5) is 16.1. The first-order chi connectivity index (χ1) is 10.1. The predicted octanol–water partition coefficient (Wildman–Crippen LogP) is 2.88. The topological polar surface area (TPSA) is 68.0 Å². The second-order valence-corrected chi connectivity index (χ2v) is 6.79. The minimum atomic E-state index is -0.402. The Balaban J connectivity index is 2.92. The van der Waals surface area contributed by atoms with Gasteiger partial charge in [-0.25, -0.2) is 4.39 Å². The van der Waals surface area contributed by atoms with Crippen molar-refractivity contribution < 1.29 is 9.18 Å². The van der Waals surface area contributed by atoms with Gasteiger partial charge < -0.3 is 11.1 Å². The maximum atomic E-state index is 13.5. The minimum Gasteiger partial charge on any atom is -0.389 e. The second kappa shape index (κ2) is 7.45. The first kappa shape index (κ1) is 18.2. The van der Waals surface area contributed by atoms with E-state index in [0.29, 0.717) is 23.3 Å². The van der Waals surface area contributed by atoms with Gasteiger partial charge in [0.15, 0.2) is 5.78 Å². The molecule has 0 radical (unpaired) electrons.